The van der Waals surface area contributed by atoms with Crippen molar-refractivity contribution in [3.05, 3.63) is 0 Å². The fourth-order valence-corrected chi connectivity index (χ4v) is 0.744. The Morgan fingerprint density at radius 3 is 1.46 bits per heavy atom. The molecule has 3 N–H and O–H groups in total. The molecule has 0 fully saturated rings. The third kappa shape index (κ3) is 2.71. The molecule has 0 saturated heterocycles. The molecule has 0 radical (unpaired) electrons. The average Bonchev–Trinajstić information content (AvgIpc) is 1.97. The first-order valence-electron chi connectivity index (χ1n) is 3.13. The second-order valence-corrected chi connectivity index (χ2v) is 2.15. The molecule has 1 atom stereocenters. The van der Waals surface area contributed by atoms with Gasteiger partial charge in [-0.1, -0.05) is 0 Å². The maximum atomic E-state index is 10.3. The van der Waals surface area contributed by atoms with Crippen LogP contribution in [0.15, 0.2) is 0 Å². The second-order valence-electron chi connectivity index (χ2n) is 2.15. The van der Waals surface area contributed by atoms with E-state index in [1.165, 1.54) is 0 Å². The van der Waals surface area contributed by atoms with E-state index in [9.17, 15) is 14.4 Å². The van der Waals surface area contributed by atoms with E-state index in [1.807, 2.05) is 0 Å². The number of carboxylic acids is 3. The van der Waals surface area contributed by atoms with Crippen molar-refractivity contribution in [3.8, 4) is 0 Å². The molecule has 7 heteroatoms. The van der Waals surface area contributed by atoms with Crippen molar-refractivity contribution < 1.29 is 34.4 Å². The summed E-state index contributed by atoms with van der Waals surface area (Å²) < 4.78 is 4.24. The molecule has 0 saturated carbocycles. The minimum absolute atomic E-state index is 0.928. The lowest BCUT2D eigenvalue weighted by Crippen LogP contribution is -2.41. The van der Waals surface area contributed by atoms with Crippen LogP contribution in [0.25, 0.3) is 0 Å². The first-order valence-corrected chi connectivity index (χ1v) is 3.13. The minimum atomic E-state index is -2.09. The van der Waals surface area contributed by atoms with Crippen LogP contribution in [0.3, 0.4) is 0 Å². The number of carbonyl (C=O) groups is 3. The van der Waals surface area contributed by atoms with E-state index in [-0.39, 0.29) is 0 Å². The minimum Gasteiger partial charge on any atom is -0.481 e. The number of methoxy groups -OCH3 is 1. The molecular formula is C6H8O7. The number of hydrogen-bond acceptors (Lipinski definition) is 4. The Kier molecular flexibility index (Phi) is 3.86. The van der Waals surface area contributed by atoms with Gasteiger partial charge >= 0.3 is 17.9 Å². The molecule has 0 spiro atoms. The summed E-state index contributed by atoms with van der Waals surface area (Å²) in [5, 5.41) is 25.1. The topological polar surface area (TPSA) is 121 Å². The van der Waals surface area contributed by atoms with Gasteiger partial charge in [-0.15, -0.1) is 0 Å². The quantitative estimate of drug-likeness (QED) is 0.471. The highest BCUT2D eigenvalue weighted by Gasteiger charge is 2.39. The molecule has 0 aromatic carbocycles. The predicted octanol–water partition coefficient (Wildman–Crippen LogP) is -1.13. The molecule has 0 aliphatic rings. The van der Waals surface area contributed by atoms with Gasteiger partial charge in [0.1, 0.15) is 0 Å². The number of aliphatic carboxylic acids is 3. The van der Waals surface area contributed by atoms with Crippen molar-refractivity contribution in [3.63, 3.8) is 0 Å². The summed E-state index contributed by atoms with van der Waals surface area (Å²) in [7, 11) is 0.928. The van der Waals surface area contributed by atoms with Crippen LogP contribution in [0.4, 0.5) is 0 Å². The fourth-order valence-electron chi connectivity index (χ4n) is 0.744. The molecule has 0 aliphatic carbocycles. The number of rotatable bonds is 5. The van der Waals surface area contributed by atoms with Gasteiger partial charge in [-0.3, -0.25) is 9.59 Å². The molecule has 1 unspecified atom stereocenters. The van der Waals surface area contributed by atoms with Gasteiger partial charge < -0.3 is 20.1 Å². The van der Waals surface area contributed by atoms with Gasteiger partial charge in [-0.2, -0.15) is 0 Å². The van der Waals surface area contributed by atoms with E-state index in [1.54, 1.807) is 0 Å². The highest BCUT2D eigenvalue weighted by Crippen LogP contribution is 2.08. The van der Waals surface area contributed by atoms with Gasteiger partial charge in [0, 0.05) is 7.11 Å². The smallest absolute Gasteiger partial charge is 0.334 e. The van der Waals surface area contributed by atoms with E-state index in [4.69, 9.17) is 15.3 Å². The molecule has 13 heavy (non-hydrogen) atoms. The summed E-state index contributed by atoms with van der Waals surface area (Å²) in [4.78, 5) is 31.0. The fraction of sp³-hybridized carbons (Fsp3) is 0.500. The normalized spacial score (nSPS) is 12.5. The first kappa shape index (κ1) is 11.4. The maximum absolute atomic E-state index is 10.3. The van der Waals surface area contributed by atoms with Crippen molar-refractivity contribution in [1.82, 2.24) is 0 Å². The zero-order valence-electron chi connectivity index (χ0n) is 6.63. The van der Waals surface area contributed by atoms with Gasteiger partial charge in [0.25, 0.3) is 0 Å². The lowest BCUT2D eigenvalue weighted by atomic mass is 10.0. The lowest BCUT2D eigenvalue weighted by molar-refractivity contribution is -0.171. The van der Waals surface area contributed by atoms with Crippen molar-refractivity contribution >= 4 is 17.9 Å². The van der Waals surface area contributed by atoms with Crippen LogP contribution in [0.5, 0.6) is 0 Å². The van der Waals surface area contributed by atoms with Crippen LogP contribution < -0.4 is 0 Å². The monoisotopic (exact) mass is 192 g/mol. The summed E-state index contributed by atoms with van der Waals surface area (Å²) >= 11 is 0. The summed E-state index contributed by atoms with van der Waals surface area (Å²) in [6.45, 7) is 0. The Bertz CT molecular complexity index is 219. The number of ether oxygens (including phenoxy) is 1. The van der Waals surface area contributed by atoms with Gasteiger partial charge in [-0.25, -0.2) is 4.79 Å². The van der Waals surface area contributed by atoms with E-state index in [0.717, 1.165) is 7.11 Å². The molecule has 0 heterocycles. The summed E-state index contributed by atoms with van der Waals surface area (Å²) in [6, 6.07) is 0. The number of carboxylic acid groups (broad SMARTS) is 3. The van der Waals surface area contributed by atoms with Crippen molar-refractivity contribution in [1.29, 1.82) is 0 Å². The Labute approximate surface area is 72.5 Å². The van der Waals surface area contributed by atoms with E-state index >= 15 is 0 Å². The molecule has 74 valence electrons. The standard InChI is InChI=1S/C6H8O7/c1-13-3(6(11)12)2(4(7)8)5(9)10/h2-3H,1H3,(H,7,8)(H,9,10)(H,11,12). The van der Waals surface area contributed by atoms with Crippen molar-refractivity contribution in [2.45, 2.75) is 6.10 Å². The summed E-state index contributed by atoms with van der Waals surface area (Å²) in [5.74, 6) is -7.22. The highest BCUT2D eigenvalue weighted by atomic mass is 16.5. The third-order valence-corrected chi connectivity index (χ3v) is 1.33. The summed E-state index contributed by atoms with van der Waals surface area (Å²) in [6.07, 6.45) is -1.88. The van der Waals surface area contributed by atoms with Crippen LogP contribution >= 0.6 is 0 Å². The molecule has 7 nitrogen and oxygen atoms in total. The van der Waals surface area contributed by atoms with Crippen LogP contribution in [0.1, 0.15) is 0 Å². The van der Waals surface area contributed by atoms with Crippen LogP contribution in [-0.2, 0) is 19.1 Å². The highest BCUT2D eigenvalue weighted by molar-refractivity contribution is 5.98. The van der Waals surface area contributed by atoms with Crippen LogP contribution in [0, 0.1) is 5.92 Å². The van der Waals surface area contributed by atoms with Gasteiger partial charge in [0.15, 0.2) is 12.0 Å². The van der Waals surface area contributed by atoms with E-state index < -0.39 is 29.9 Å². The van der Waals surface area contributed by atoms with Crippen LogP contribution in [0.2, 0.25) is 0 Å². The Morgan fingerprint density at radius 1 is 1.00 bits per heavy atom. The maximum Gasteiger partial charge on any atom is 0.334 e. The molecule has 0 aliphatic heterocycles. The molecule has 0 aromatic rings. The molecule has 0 rings (SSSR count). The third-order valence-electron chi connectivity index (χ3n) is 1.33. The van der Waals surface area contributed by atoms with E-state index in [2.05, 4.69) is 4.74 Å². The summed E-state index contributed by atoms with van der Waals surface area (Å²) in [5.41, 5.74) is 0. The van der Waals surface area contributed by atoms with E-state index in [0.29, 0.717) is 0 Å². The van der Waals surface area contributed by atoms with Crippen LogP contribution in [-0.4, -0.2) is 46.4 Å². The zero-order chi connectivity index (χ0) is 10.6. The van der Waals surface area contributed by atoms with Crippen molar-refractivity contribution in [2.75, 3.05) is 7.11 Å². The number of hydrogen-bond donors (Lipinski definition) is 3. The van der Waals surface area contributed by atoms with Gasteiger partial charge in [0.2, 0.25) is 0 Å². The SMILES string of the molecule is COC(C(=O)O)C(C(=O)O)C(=O)O. The molecule has 0 bridgehead atoms. The predicted molar refractivity (Wildman–Crippen MR) is 37.2 cm³/mol. The molecular weight excluding hydrogens is 184 g/mol. The Hall–Kier alpha value is -1.63. The Balaban J connectivity index is 4.80. The van der Waals surface area contributed by atoms with Gasteiger partial charge in [0.05, 0.1) is 0 Å². The largest absolute Gasteiger partial charge is 0.481 e. The second kappa shape index (κ2) is 4.41. The van der Waals surface area contributed by atoms with Crippen molar-refractivity contribution in [2.24, 2.45) is 5.92 Å². The molecule has 0 aromatic heterocycles. The molecule has 0 amide bonds. The average molecular weight is 192 g/mol. The van der Waals surface area contributed by atoms with Gasteiger partial charge in [-0.05, 0) is 0 Å². The first-order chi connectivity index (χ1) is 5.91. The lowest BCUT2D eigenvalue weighted by Gasteiger charge is -2.14. The zero-order valence-corrected chi connectivity index (χ0v) is 6.63. The Morgan fingerprint density at radius 2 is 1.38 bits per heavy atom.